The zero-order valence-electron chi connectivity index (χ0n) is 46.3. The molecule has 6 heteroatoms. The maximum atomic E-state index is 13.3. The minimum Gasteiger partial charge on any atom is -0.462 e. The highest BCUT2D eigenvalue weighted by atomic mass is 16.5. The lowest BCUT2D eigenvalue weighted by Crippen LogP contribution is -2.46. The summed E-state index contributed by atoms with van der Waals surface area (Å²) in [6, 6.07) is -0.698. The summed E-state index contributed by atoms with van der Waals surface area (Å²) in [7, 11) is 0. The SMILES string of the molecule is CCCCCCCCCCC/C=C/CCCCCCCC(=O)OC(CCCCCCCCCCCCCCCCC)CC(=O)NC(CO)C(O)CCCCCCCCCCCCCCCCCC. The first-order chi connectivity index (χ1) is 33.5. The van der Waals surface area contributed by atoms with Crippen LogP contribution in [0.3, 0.4) is 0 Å². The van der Waals surface area contributed by atoms with Crippen LogP contribution in [0, 0.1) is 0 Å². The van der Waals surface area contributed by atoms with Crippen LogP contribution in [0.2, 0.25) is 0 Å². The Morgan fingerprint density at radius 2 is 0.706 bits per heavy atom. The van der Waals surface area contributed by atoms with Crippen molar-refractivity contribution in [2.45, 2.75) is 366 Å². The van der Waals surface area contributed by atoms with Crippen LogP contribution in [-0.4, -0.2) is 46.9 Å². The summed E-state index contributed by atoms with van der Waals surface area (Å²) in [5.74, 6) is -0.457. The number of allylic oxidation sites excluding steroid dienone is 2. The van der Waals surface area contributed by atoms with Gasteiger partial charge in [0.2, 0.25) is 5.91 Å². The normalized spacial score (nSPS) is 13.1. The fraction of sp³-hybridized carbons (Fsp3) is 0.935. The molecule has 3 atom stereocenters. The van der Waals surface area contributed by atoms with Gasteiger partial charge in [0.1, 0.15) is 6.10 Å². The number of aliphatic hydroxyl groups is 2. The molecule has 68 heavy (non-hydrogen) atoms. The molecule has 0 rings (SSSR count). The predicted molar refractivity (Wildman–Crippen MR) is 297 cm³/mol. The monoisotopic (exact) mass is 960 g/mol. The lowest BCUT2D eigenvalue weighted by molar-refractivity contribution is -0.151. The van der Waals surface area contributed by atoms with E-state index >= 15 is 0 Å². The molecule has 0 saturated heterocycles. The van der Waals surface area contributed by atoms with Gasteiger partial charge in [-0.05, 0) is 51.4 Å². The Bertz CT molecular complexity index is 1030. The molecule has 0 aromatic carbocycles. The summed E-state index contributed by atoms with van der Waals surface area (Å²) >= 11 is 0. The number of esters is 1. The zero-order valence-corrected chi connectivity index (χ0v) is 46.3. The summed E-state index contributed by atoms with van der Waals surface area (Å²) < 4.78 is 5.98. The second kappa shape index (κ2) is 56.5. The number of hydrogen-bond acceptors (Lipinski definition) is 5. The van der Waals surface area contributed by atoms with E-state index in [-0.39, 0.29) is 24.9 Å². The summed E-state index contributed by atoms with van der Waals surface area (Å²) in [4.78, 5) is 26.3. The smallest absolute Gasteiger partial charge is 0.306 e. The van der Waals surface area contributed by atoms with E-state index in [9.17, 15) is 19.8 Å². The van der Waals surface area contributed by atoms with Crippen molar-refractivity contribution in [1.29, 1.82) is 0 Å². The van der Waals surface area contributed by atoms with Gasteiger partial charge in [0.15, 0.2) is 0 Å². The quantitative estimate of drug-likeness (QED) is 0.0321. The molecule has 0 bridgehead atoms. The molecule has 0 spiro atoms. The molecule has 0 aromatic rings. The summed E-state index contributed by atoms with van der Waals surface area (Å²) in [5.41, 5.74) is 0. The van der Waals surface area contributed by atoms with Crippen LogP contribution in [0.5, 0.6) is 0 Å². The molecule has 0 aliphatic carbocycles. The minimum absolute atomic E-state index is 0.0826. The Morgan fingerprint density at radius 3 is 1.04 bits per heavy atom. The number of carbonyl (C=O) groups excluding carboxylic acids is 2. The molecule has 3 unspecified atom stereocenters. The van der Waals surface area contributed by atoms with Gasteiger partial charge < -0.3 is 20.3 Å². The van der Waals surface area contributed by atoms with Crippen LogP contribution in [-0.2, 0) is 14.3 Å². The van der Waals surface area contributed by atoms with Crippen molar-refractivity contribution in [3.63, 3.8) is 0 Å². The molecule has 0 radical (unpaired) electrons. The van der Waals surface area contributed by atoms with Crippen LogP contribution >= 0.6 is 0 Å². The molecular formula is C62H121NO5. The van der Waals surface area contributed by atoms with Crippen molar-refractivity contribution in [3.05, 3.63) is 12.2 Å². The lowest BCUT2D eigenvalue weighted by atomic mass is 10.0. The van der Waals surface area contributed by atoms with Crippen molar-refractivity contribution in [1.82, 2.24) is 5.32 Å². The molecule has 1 amide bonds. The van der Waals surface area contributed by atoms with Gasteiger partial charge in [-0.2, -0.15) is 0 Å². The minimum atomic E-state index is -0.785. The van der Waals surface area contributed by atoms with E-state index in [1.54, 1.807) is 0 Å². The number of carbonyl (C=O) groups is 2. The molecule has 0 fully saturated rings. The first kappa shape index (κ1) is 66.6. The van der Waals surface area contributed by atoms with E-state index in [4.69, 9.17) is 4.74 Å². The van der Waals surface area contributed by atoms with Crippen LogP contribution in [0.25, 0.3) is 0 Å². The highest BCUT2D eigenvalue weighted by molar-refractivity contribution is 5.77. The van der Waals surface area contributed by atoms with Gasteiger partial charge in [-0.15, -0.1) is 0 Å². The number of unbranched alkanes of at least 4 members (excludes halogenated alkanes) is 43. The number of rotatable bonds is 57. The van der Waals surface area contributed by atoms with Gasteiger partial charge in [0.25, 0.3) is 0 Å². The van der Waals surface area contributed by atoms with Crippen molar-refractivity contribution >= 4 is 11.9 Å². The van der Waals surface area contributed by atoms with Gasteiger partial charge in [-0.1, -0.05) is 296 Å². The molecule has 6 nitrogen and oxygen atoms in total. The van der Waals surface area contributed by atoms with Crippen LogP contribution in [0.15, 0.2) is 12.2 Å². The Balaban J connectivity index is 4.49. The third-order valence-electron chi connectivity index (χ3n) is 14.6. The highest BCUT2D eigenvalue weighted by Crippen LogP contribution is 2.19. The molecule has 0 aromatic heterocycles. The van der Waals surface area contributed by atoms with Crippen molar-refractivity contribution in [3.8, 4) is 0 Å². The van der Waals surface area contributed by atoms with Gasteiger partial charge in [0, 0.05) is 6.42 Å². The molecule has 0 heterocycles. The fourth-order valence-electron chi connectivity index (χ4n) is 9.90. The van der Waals surface area contributed by atoms with E-state index in [0.29, 0.717) is 19.3 Å². The van der Waals surface area contributed by atoms with Crippen molar-refractivity contribution in [2.24, 2.45) is 0 Å². The van der Waals surface area contributed by atoms with E-state index < -0.39 is 18.2 Å². The Kier molecular flexibility index (Phi) is 55.3. The molecule has 0 aliphatic rings. The van der Waals surface area contributed by atoms with Crippen LogP contribution in [0.4, 0.5) is 0 Å². The molecule has 0 aliphatic heterocycles. The standard InChI is InChI=1S/C62H121NO5/c1-4-7-10-13-16-19-22-25-28-30-31-34-37-40-43-46-49-52-55-62(67)68-58(53-50-47-44-41-38-35-32-27-24-21-18-15-12-9-6-3)56-61(66)63-59(57-64)60(65)54-51-48-45-42-39-36-33-29-26-23-20-17-14-11-8-5-2/h31,34,58-60,64-65H,4-30,32-33,35-57H2,1-3H3,(H,63,66)/b34-31+. The van der Waals surface area contributed by atoms with Crippen LogP contribution < -0.4 is 5.32 Å². The average molecular weight is 961 g/mol. The van der Waals surface area contributed by atoms with E-state index in [1.165, 1.54) is 250 Å². The van der Waals surface area contributed by atoms with E-state index in [0.717, 1.165) is 51.4 Å². The third-order valence-corrected chi connectivity index (χ3v) is 14.6. The first-order valence-corrected chi connectivity index (χ1v) is 30.9. The molecule has 404 valence electrons. The van der Waals surface area contributed by atoms with Gasteiger partial charge >= 0.3 is 5.97 Å². The van der Waals surface area contributed by atoms with E-state index in [2.05, 4.69) is 38.2 Å². The summed E-state index contributed by atoms with van der Waals surface area (Å²) in [5, 5.41) is 23.9. The average Bonchev–Trinajstić information content (AvgIpc) is 3.33. The maximum absolute atomic E-state index is 13.3. The fourth-order valence-corrected chi connectivity index (χ4v) is 9.90. The lowest BCUT2D eigenvalue weighted by Gasteiger charge is -2.24. The number of hydrogen-bond donors (Lipinski definition) is 3. The number of ether oxygens (including phenoxy) is 1. The summed E-state index contributed by atoms with van der Waals surface area (Å²) in [6.45, 7) is 6.54. The zero-order chi connectivity index (χ0) is 49.5. The van der Waals surface area contributed by atoms with Gasteiger partial charge in [0.05, 0.1) is 25.2 Å². The second-order valence-corrected chi connectivity index (χ2v) is 21.5. The molecular weight excluding hydrogens is 839 g/mol. The predicted octanol–water partition coefficient (Wildman–Crippen LogP) is 19.2. The Hall–Kier alpha value is -1.40. The molecule has 3 N–H and O–H groups in total. The number of amides is 1. The van der Waals surface area contributed by atoms with Crippen molar-refractivity contribution in [2.75, 3.05) is 6.61 Å². The highest BCUT2D eigenvalue weighted by Gasteiger charge is 2.24. The topological polar surface area (TPSA) is 95.9 Å². The maximum Gasteiger partial charge on any atom is 0.306 e. The number of aliphatic hydroxyl groups excluding tert-OH is 2. The number of nitrogens with one attached hydrogen (secondary N) is 1. The second-order valence-electron chi connectivity index (χ2n) is 21.5. The van der Waals surface area contributed by atoms with E-state index in [1.807, 2.05) is 0 Å². The largest absolute Gasteiger partial charge is 0.462 e. The van der Waals surface area contributed by atoms with Gasteiger partial charge in [-0.25, -0.2) is 0 Å². The Labute approximate surface area is 425 Å². The van der Waals surface area contributed by atoms with Crippen molar-refractivity contribution < 1.29 is 24.5 Å². The molecule has 0 saturated carbocycles. The third kappa shape index (κ3) is 51.0. The summed E-state index contributed by atoms with van der Waals surface area (Å²) in [6.07, 6.45) is 65.7. The van der Waals surface area contributed by atoms with Gasteiger partial charge in [-0.3, -0.25) is 9.59 Å². The van der Waals surface area contributed by atoms with Crippen LogP contribution in [0.1, 0.15) is 348 Å². The first-order valence-electron chi connectivity index (χ1n) is 30.9. The Morgan fingerprint density at radius 1 is 0.412 bits per heavy atom.